The van der Waals surface area contributed by atoms with Crippen LogP contribution >= 0.6 is 0 Å². The van der Waals surface area contributed by atoms with Gasteiger partial charge >= 0.3 is 0 Å². The Hall–Kier alpha value is -1.54. The van der Waals surface area contributed by atoms with E-state index in [2.05, 4.69) is 31.2 Å². The van der Waals surface area contributed by atoms with Crippen LogP contribution in [0.4, 0.5) is 0 Å². The Morgan fingerprint density at radius 2 is 2.06 bits per heavy atom. The summed E-state index contributed by atoms with van der Waals surface area (Å²) >= 11 is 0. The van der Waals surface area contributed by atoms with Gasteiger partial charge in [-0.2, -0.15) is 0 Å². The minimum absolute atomic E-state index is 0.576. The molecule has 0 aliphatic heterocycles. The molecule has 16 heavy (non-hydrogen) atoms. The smallest absolute Gasteiger partial charge is 0.119 e. The Morgan fingerprint density at radius 1 is 1.19 bits per heavy atom. The van der Waals surface area contributed by atoms with Crippen molar-refractivity contribution in [2.24, 2.45) is 5.73 Å². The van der Waals surface area contributed by atoms with Crippen molar-refractivity contribution in [1.82, 2.24) is 0 Å². The fraction of sp³-hybridized carbons (Fsp3) is 0.286. The Bertz CT molecular complexity index is 479. The molecule has 0 heterocycles. The highest BCUT2D eigenvalue weighted by Crippen LogP contribution is 2.23. The van der Waals surface area contributed by atoms with Crippen LogP contribution in [0, 0.1) is 0 Å². The third kappa shape index (κ3) is 2.17. The highest BCUT2D eigenvalue weighted by molar-refractivity contribution is 5.86. The molecule has 2 N–H and O–H groups in total. The van der Waals surface area contributed by atoms with E-state index in [1.54, 1.807) is 0 Å². The Balaban J connectivity index is 2.39. The predicted molar refractivity (Wildman–Crippen MR) is 67.6 cm³/mol. The lowest BCUT2D eigenvalue weighted by Crippen LogP contribution is -1.98. The first-order chi connectivity index (χ1) is 7.85. The van der Waals surface area contributed by atoms with Crippen molar-refractivity contribution in [2.75, 3.05) is 6.61 Å². The molecule has 0 amide bonds. The highest BCUT2D eigenvalue weighted by Gasteiger charge is 2.00. The fourth-order valence-corrected chi connectivity index (χ4v) is 1.82. The van der Waals surface area contributed by atoms with E-state index in [-0.39, 0.29) is 0 Å². The van der Waals surface area contributed by atoms with E-state index in [0.29, 0.717) is 6.54 Å². The molecule has 2 aromatic rings. The lowest BCUT2D eigenvalue weighted by molar-refractivity contribution is 0.318. The van der Waals surface area contributed by atoms with Crippen molar-refractivity contribution < 1.29 is 4.74 Å². The van der Waals surface area contributed by atoms with Crippen molar-refractivity contribution in [3.63, 3.8) is 0 Å². The van der Waals surface area contributed by atoms with Gasteiger partial charge in [-0.3, -0.25) is 0 Å². The zero-order valence-corrected chi connectivity index (χ0v) is 9.57. The summed E-state index contributed by atoms with van der Waals surface area (Å²) in [5.41, 5.74) is 6.88. The lowest BCUT2D eigenvalue weighted by Gasteiger charge is -2.08. The molecule has 84 valence electrons. The van der Waals surface area contributed by atoms with Crippen molar-refractivity contribution in [1.29, 1.82) is 0 Å². The fourth-order valence-electron chi connectivity index (χ4n) is 1.82. The topological polar surface area (TPSA) is 35.2 Å². The number of benzene rings is 2. The number of rotatable bonds is 4. The van der Waals surface area contributed by atoms with Gasteiger partial charge in [0.25, 0.3) is 0 Å². The second-order valence-corrected chi connectivity index (χ2v) is 3.85. The maximum atomic E-state index is 5.70. The van der Waals surface area contributed by atoms with Crippen LogP contribution in [-0.2, 0) is 6.54 Å². The first-order valence-corrected chi connectivity index (χ1v) is 5.69. The van der Waals surface area contributed by atoms with Crippen molar-refractivity contribution >= 4 is 10.8 Å². The van der Waals surface area contributed by atoms with Crippen LogP contribution in [0.3, 0.4) is 0 Å². The average molecular weight is 215 g/mol. The molecule has 0 aliphatic rings. The summed E-state index contributed by atoms with van der Waals surface area (Å²) in [5, 5.41) is 2.41. The zero-order valence-electron chi connectivity index (χ0n) is 9.57. The van der Waals surface area contributed by atoms with Gasteiger partial charge in [0.05, 0.1) is 6.61 Å². The van der Waals surface area contributed by atoms with Gasteiger partial charge in [-0.25, -0.2) is 0 Å². The van der Waals surface area contributed by atoms with Crippen LogP contribution in [0.25, 0.3) is 10.8 Å². The molecule has 0 spiro atoms. The molecule has 2 heteroatoms. The summed E-state index contributed by atoms with van der Waals surface area (Å²) in [6.07, 6.45) is 1.03. The van der Waals surface area contributed by atoms with Crippen LogP contribution in [0.15, 0.2) is 36.4 Å². The van der Waals surface area contributed by atoms with Gasteiger partial charge in [0, 0.05) is 6.54 Å². The molecule has 2 aromatic carbocycles. The minimum atomic E-state index is 0.576. The van der Waals surface area contributed by atoms with Gasteiger partial charge in [0.15, 0.2) is 0 Å². The number of hydrogen-bond acceptors (Lipinski definition) is 2. The SMILES string of the molecule is CCCOc1ccc2c(CN)cccc2c1. The van der Waals surface area contributed by atoms with Gasteiger partial charge in [0.2, 0.25) is 0 Å². The van der Waals surface area contributed by atoms with Crippen molar-refractivity contribution in [3.05, 3.63) is 42.0 Å². The predicted octanol–water partition coefficient (Wildman–Crippen LogP) is 3.09. The van der Waals surface area contributed by atoms with Crippen LogP contribution in [0.1, 0.15) is 18.9 Å². The average Bonchev–Trinajstić information content (AvgIpc) is 2.35. The normalized spacial score (nSPS) is 10.6. The summed E-state index contributed by atoms with van der Waals surface area (Å²) < 4.78 is 5.61. The van der Waals surface area contributed by atoms with E-state index < -0.39 is 0 Å². The Kier molecular flexibility index (Phi) is 3.42. The zero-order chi connectivity index (χ0) is 11.4. The third-order valence-corrected chi connectivity index (χ3v) is 2.63. The molecule has 0 atom stereocenters. The minimum Gasteiger partial charge on any atom is -0.494 e. The monoisotopic (exact) mass is 215 g/mol. The molecule has 2 nitrogen and oxygen atoms in total. The lowest BCUT2D eigenvalue weighted by atomic mass is 10.0. The van der Waals surface area contributed by atoms with Gasteiger partial charge in [-0.15, -0.1) is 0 Å². The molecule has 0 saturated heterocycles. The third-order valence-electron chi connectivity index (χ3n) is 2.63. The van der Waals surface area contributed by atoms with Crippen LogP contribution in [0.2, 0.25) is 0 Å². The molecule has 0 unspecified atom stereocenters. The number of ether oxygens (including phenoxy) is 1. The van der Waals surface area contributed by atoms with E-state index in [9.17, 15) is 0 Å². The summed E-state index contributed by atoms with van der Waals surface area (Å²) in [5.74, 6) is 0.934. The quantitative estimate of drug-likeness (QED) is 0.850. The van der Waals surface area contributed by atoms with Crippen LogP contribution in [0.5, 0.6) is 5.75 Å². The number of hydrogen-bond donors (Lipinski definition) is 1. The number of fused-ring (bicyclic) bond motifs is 1. The first-order valence-electron chi connectivity index (χ1n) is 5.69. The second kappa shape index (κ2) is 4.99. The molecule has 2 rings (SSSR count). The standard InChI is InChI=1S/C14H17NO/c1-2-8-16-13-6-7-14-11(9-13)4-3-5-12(14)10-15/h3-7,9H,2,8,10,15H2,1H3. The van der Waals surface area contributed by atoms with Gasteiger partial charge in [-0.1, -0.05) is 31.2 Å². The van der Waals surface area contributed by atoms with E-state index in [1.807, 2.05) is 12.1 Å². The van der Waals surface area contributed by atoms with E-state index in [4.69, 9.17) is 10.5 Å². The van der Waals surface area contributed by atoms with E-state index in [1.165, 1.54) is 16.3 Å². The highest BCUT2D eigenvalue weighted by atomic mass is 16.5. The van der Waals surface area contributed by atoms with Gasteiger partial charge in [-0.05, 0) is 34.9 Å². The van der Waals surface area contributed by atoms with Crippen LogP contribution < -0.4 is 10.5 Å². The molecule has 0 aliphatic carbocycles. The maximum Gasteiger partial charge on any atom is 0.119 e. The van der Waals surface area contributed by atoms with Crippen molar-refractivity contribution in [2.45, 2.75) is 19.9 Å². The molecule has 0 aromatic heterocycles. The first kappa shape index (κ1) is 11.0. The van der Waals surface area contributed by atoms with Crippen LogP contribution in [-0.4, -0.2) is 6.61 Å². The molecular formula is C14H17NO. The summed E-state index contributed by atoms with van der Waals surface area (Å²) in [7, 11) is 0. The molecule has 0 saturated carbocycles. The molecular weight excluding hydrogens is 198 g/mol. The number of nitrogens with two attached hydrogens (primary N) is 1. The molecule has 0 fully saturated rings. The Labute approximate surface area is 96.0 Å². The summed E-state index contributed by atoms with van der Waals surface area (Å²) in [4.78, 5) is 0. The van der Waals surface area contributed by atoms with E-state index >= 15 is 0 Å². The summed E-state index contributed by atoms with van der Waals surface area (Å²) in [6, 6.07) is 12.4. The van der Waals surface area contributed by atoms with Gasteiger partial charge in [0.1, 0.15) is 5.75 Å². The Morgan fingerprint density at radius 3 is 2.81 bits per heavy atom. The molecule has 0 radical (unpaired) electrons. The van der Waals surface area contributed by atoms with E-state index in [0.717, 1.165) is 18.8 Å². The van der Waals surface area contributed by atoms with Gasteiger partial charge < -0.3 is 10.5 Å². The second-order valence-electron chi connectivity index (χ2n) is 3.85. The molecule has 0 bridgehead atoms. The van der Waals surface area contributed by atoms with Crippen molar-refractivity contribution in [3.8, 4) is 5.75 Å². The largest absolute Gasteiger partial charge is 0.494 e. The summed E-state index contributed by atoms with van der Waals surface area (Å²) in [6.45, 7) is 3.45. The maximum absolute atomic E-state index is 5.70.